The average Bonchev–Trinajstić information content (AvgIpc) is 2.88. The molecular formula is C26H30N8O4. The number of likely N-dealkylation sites (tertiary alicyclic amines) is 1. The number of fused-ring (bicyclic) bond motifs is 3. The quantitative estimate of drug-likeness (QED) is 0.535. The van der Waals surface area contributed by atoms with Crippen LogP contribution in [0.15, 0.2) is 30.7 Å². The van der Waals surface area contributed by atoms with Crippen molar-refractivity contribution < 1.29 is 19.5 Å². The number of hydrogen-bond donors (Lipinski definition) is 2. The molecule has 2 aliphatic rings. The Bertz CT molecular complexity index is 1410. The summed E-state index contributed by atoms with van der Waals surface area (Å²) in [5.41, 5.74) is 2.69. The van der Waals surface area contributed by atoms with Crippen molar-refractivity contribution in [3.8, 4) is 11.3 Å². The van der Waals surface area contributed by atoms with Crippen LogP contribution in [0.1, 0.15) is 39.2 Å². The number of aliphatic hydroxyl groups is 1. The molecule has 2 aliphatic heterocycles. The second-order valence-electron chi connectivity index (χ2n) is 10.3. The van der Waals surface area contributed by atoms with Gasteiger partial charge in [-0.1, -0.05) is 0 Å². The Labute approximate surface area is 219 Å². The molecule has 0 atom stereocenters. The molecule has 3 aromatic heterocycles. The van der Waals surface area contributed by atoms with Crippen LogP contribution in [0.5, 0.6) is 0 Å². The van der Waals surface area contributed by atoms with Crippen LogP contribution in [-0.4, -0.2) is 84.5 Å². The second-order valence-corrected chi connectivity index (χ2v) is 10.3. The summed E-state index contributed by atoms with van der Waals surface area (Å²) in [4.78, 5) is 60.3. The maximum atomic E-state index is 13.5. The minimum Gasteiger partial charge on any atom is -0.381 e. The number of urea groups is 1. The molecule has 5 rings (SSSR count). The highest BCUT2D eigenvalue weighted by Gasteiger charge is 2.39. The zero-order valence-electron chi connectivity index (χ0n) is 21.8. The van der Waals surface area contributed by atoms with Gasteiger partial charge in [-0.15, -0.1) is 0 Å². The molecule has 5 heterocycles. The highest BCUT2D eigenvalue weighted by Crippen LogP contribution is 2.38. The number of pyridine rings is 2. The number of amides is 4. The maximum Gasteiger partial charge on any atom is 0.324 e. The van der Waals surface area contributed by atoms with Gasteiger partial charge in [0, 0.05) is 62.8 Å². The molecule has 0 spiro atoms. The van der Waals surface area contributed by atoms with E-state index in [2.05, 4.69) is 20.3 Å². The highest BCUT2D eigenvalue weighted by atomic mass is 16.3. The Morgan fingerprint density at radius 2 is 1.76 bits per heavy atom. The molecule has 4 amide bonds. The Hall–Kier alpha value is -4.19. The molecule has 3 aromatic rings. The maximum absolute atomic E-state index is 13.5. The van der Waals surface area contributed by atoms with E-state index in [1.165, 1.54) is 20.8 Å². The lowest BCUT2D eigenvalue weighted by atomic mass is 9.98. The molecule has 12 heteroatoms. The van der Waals surface area contributed by atoms with Crippen molar-refractivity contribution in [2.45, 2.75) is 51.8 Å². The molecular weight excluding hydrogens is 488 g/mol. The highest BCUT2D eigenvalue weighted by molar-refractivity contribution is 6.04. The largest absolute Gasteiger partial charge is 0.381 e. The van der Waals surface area contributed by atoms with E-state index in [0.717, 1.165) is 11.3 Å². The molecule has 12 nitrogen and oxygen atoms in total. The van der Waals surface area contributed by atoms with E-state index < -0.39 is 5.60 Å². The van der Waals surface area contributed by atoms with Crippen molar-refractivity contribution in [3.63, 3.8) is 0 Å². The van der Waals surface area contributed by atoms with Gasteiger partial charge in [-0.05, 0) is 38.8 Å². The van der Waals surface area contributed by atoms with Gasteiger partial charge >= 0.3 is 6.03 Å². The summed E-state index contributed by atoms with van der Waals surface area (Å²) in [5, 5.41) is 12.7. The molecule has 0 bridgehead atoms. The Morgan fingerprint density at radius 1 is 1.08 bits per heavy atom. The van der Waals surface area contributed by atoms with Gasteiger partial charge in [0.2, 0.25) is 11.9 Å². The van der Waals surface area contributed by atoms with Gasteiger partial charge in [0.1, 0.15) is 11.1 Å². The van der Waals surface area contributed by atoms with Gasteiger partial charge in [0.05, 0.1) is 23.4 Å². The van der Waals surface area contributed by atoms with Crippen LogP contribution in [0, 0.1) is 0 Å². The molecule has 0 aromatic carbocycles. The number of piperidine rings is 1. The first kappa shape index (κ1) is 25.5. The van der Waals surface area contributed by atoms with E-state index in [-0.39, 0.29) is 29.8 Å². The number of rotatable bonds is 4. The SMILES string of the molecule is CC(=O)Nc1ncc(-c2ccc3ncc4c(c3n2)N(C2CCN(C(=O)C(C)(C)O)CC2)C(=O)N(C)C4)cn1. The topological polar surface area (TPSA) is 145 Å². The smallest absolute Gasteiger partial charge is 0.324 e. The fourth-order valence-electron chi connectivity index (χ4n) is 4.97. The first-order valence-electron chi connectivity index (χ1n) is 12.5. The van der Waals surface area contributed by atoms with Crippen molar-refractivity contribution in [3.05, 3.63) is 36.3 Å². The number of aromatic nitrogens is 4. The molecule has 1 fully saturated rings. The second kappa shape index (κ2) is 9.60. The van der Waals surface area contributed by atoms with Crippen molar-refractivity contribution in [2.24, 2.45) is 0 Å². The summed E-state index contributed by atoms with van der Waals surface area (Å²) in [7, 11) is 1.76. The van der Waals surface area contributed by atoms with E-state index in [0.29, 0.717) is 54.8 Å². The monoisotopic (exact) mass is 518 g/mol. The summed E-state index contributed by atoms with van der Waals surface area (Å²) >= 11 is 0. The lowest BCUT2D eigenvalue weighted by Crippen LogP contribution is -2.56. The molecule has 0 saturated carbocycles. The number of nitrogens with one attached hydrogen (secondary N) is 1. The Kier molecular flexibility index (Phi) is 6.43. The van der Waals surface area contributed by atoms with E-state index in [1.54, 1.807) is 40.3 Å². The third kappa shape index (κ3) is 4.74. The van der Waals surface area contributed by atoms with Crippen LogP contribution >= 0.6 is 0 Å². The number of carbonyl (C=O) groups excluding carboxylic acids is 3. The Balaban J connectivity index is 1.51. The van der Waals surface area contributed by atoms with Gasteiger partial charge in [0.15, 0.2) is 0 Å². The lowest BCUT2D eigenvalue weighted by Gasteiger charge is -2.43. The fourth-order valence-corrected chi connectivity index (χ4v) is 4.97. The summed E-state index contributed by atoms with van der Waals surface area (Å²) < 4.78 is 0. The minimum atomic E-state index is -1.44. The number of hydrogen-bond acceptors (Lipinski definition) is 8. The van der Waals surface area contributed by atoms with Crippen LogP contribution in [0.3, 0.4) is 0 Å². The van der Waals surface area contributed by atoms with Crippen molar-refractivity contribution in [2.75, 3.05) is 30.4 Å². The van der Waals surface area contributed by atoms with Crippen LogP contribution in [0.4, 0.5) is 16.4 Å². The van der Waals surface area contributed by atoms with Crippen LogP contribution in [0.2, 0.25) is 0 Å². The van der Waals surface area contributed by atoms with Gasteiger partial charge in [-0.25, -0.2) is 19.7 Å². The molecule has 1 saturated heterocycles. The van der Waals surface area contributed by atoms with Crippen LogP contribution in [-0.2, 0) is 16.1 Å². The third-order valence-electron chi connectivity index (χ3n) is 6.82. The first-order chi connectivity index (χ1) is 18.0. The van der Waals surface area contributed by atoms with Gasteiger partial charge in [-0.2, -0.15) is 0 Å². The average molecular weight is 519 g/mol. The minimum absolute atomic E-state index is 0.132. The predicted octanol–water partition coefficient (Wildman–Crippen LogP) is 2.18. The molecule has 38 heavy (non-hydrogen) atoms. The summed E-state index contributed by atoms with van der Waals surface area (Å²) in [6.45, 7) is 5.65. The number of nitrogens with zero attached hydrogens (tertiary/aromatic N) is 7. The molecule has 0 unspecified atom stereocenters. The van der Waals surface area contributed by atoms with E-state index >= 15 is 0 Å². The zero-order chi connectivity index (χ0) is 27.2. The predicted molar refractivity (Wildman–Crippen MR) is 140 cm³/mol. The van der Waals surface area contributed by atoms with Crippen LogP contribution < -0.4 is 10.2 Å². The normalized spacial score (nSPS) is 16.6. The number of carbonyl (C=O) groups is 3. The zero-order valence-corrected chi connectivity index (χ0v) is 21.8. The lowest BCUT2D eigenvalue weighted by molar-refractivity contribution is -0.148. The fraction of sp³-hybridized carbons (Fsp3) is 0.423. The third-order valence-corrected chi connectivity index (χ3v) is 6.82. The molecule has 198 valence electrons. The van der Waals surface area contributed by atoms with Gasteiger partial charge < -0.3 is 14.9 Å². The molecule has 0 aliphatic carbocycles. The summed E-state index contributed by atoms with van der Waals surface area (Å²) in [6, 6.07) is 3.39. The van der Waals surface area contributed by atoms with E-state index in [4.69, 9.17) is 4.98 Å². The first-order valence-corrected chi connectivity index (χ1v) is 12.5. The van der Waals surface area contributed by atoms with Crippen molar-refractivity contribution >= 4 is 40.5 Å². The van der Waals surface area contributed by atoms with Crippen LogP contribution in [0.25, 0.3) is 22.3 Å². The van der Waals surface area contributed by atoms with Gasteiger partial charge in [-0.3, -0.25) is 24.8 Å². The standard InChI is InChI=1S/C26H30N8O4/c1-15(35)30-24-28-11-16(12-29-24)19-5-6-20-21(31-19)22-17(13-27-20)14-32(4)25(37)34(22)18-7-9-33(10-8-18)23(36)26(2,3)38/h5-6,11-13,18,38H,7-10,14H2,1-4H3,(H,28,29,30,35). The Morgan fingerprint density at radius 3 is 2.39 bits per heavy atom. The molecule has 0 radical (unpaired) electrons. The van der Waals surface area contributed by atoms with Crippen molar-refractivity contribution in [1.82, 2.24) is 29.7 Å². The summed E-state index contributed by atoms with van der Waals surface area (Å²) in [6.07, 6.45) is 6.10. The molecule has 2 N–H and O–H groups in total. The summed E-state index contributed by atoms with van der Waals surface area (Å²) in [5.74, 6) is -0.370. The van der Waals surface area contributed by atoms with Crippen molar-refractivity contribution in [1.29, 1.82) is 0 Å². The van der Waals surface area contributed by atoms with E-state index in [9.17, 15) is 19.5 Å². The van der Waals surface area contributed by atoms with E-state index in [1.807, 2.05) is 12.1 Å². The number of anilines is 2. The van der Waals surface area contributed by atoms with Gasteiger partial charge in [0.25, 0.3) is 5.91 Å².